The lowest BCUT2D eigenvalue weighted by Crippen LogP contribution is -2.41. The second-order valence-corrected chi connectivity index (χ2v) is 5.59. The van der Waals surface area contributed by atoms with Gasteiger partial charge in [-0.15, -0.1) is 0 Å². The summed E-state index contributed by atoms with van der Waals surface area (Å²) in [5.41, 5.74) is 5.79. The number of carbonyl (C=O) groups excluding carboxylic acids is 1. The van der Waals surface area contributed by atoms with Crippen LogP contribution in [0, 0.1) is 17.8 Å². The maximum absolute atomic E-state index is 12.6. The van der Waals surface area contributed by atoms with E-state index in [0.29, 0.717) is 24.3 Å². The van der Waals surface area contributed by atoms with Crippen molar-refractivity contribution in [3.8, 4) is 0 Å². The van der Waals surface area contributed by atoms with Crippen LogP contribution in [-0.4, -0.2) is 30.4 Å². The van der Waals surface area contributed by atoms with Crippen molar-refractivity contribution in [1.29, 1.82) is 0 Å². The summed E-state index contributed by atoms with van der Waals surface area (Å²) in [6.07, 6.45) is 5.66. The van der Waals surface area contributed by atoms with Crippen LogP contribution < -0.4 is 5.73 Å². The average Bonchev–Trinajstić information content (AvgIpc) is 2.88. The van der Waals surface area contributed by atoms with Gasteiger partial charge in [-0.05, 0) is 38.1 Å². The molecule has 1 fully saturated rings. The maximum atomic E-state index is 12.6. The molecule has 1 aliphatic rings. The van der Waals surface area contributed by atoms with E-state index in [1.54, 1.807) is 0 Å². The number of nitrogens with two attached hydrogens (primary N) is 1. The average molecular weight is 254 g/mol. The number of hydrogen-bond acceptors (Lipinski definition) is 2. The summed E-state index contributed by atoms with van der Waals surface area (Å²) in [5, 5.41) is 0. The monoisotopic (exact) mass is 254 g/mol. The van der Waals surface area contributed by atoms with Crippen LogP contribution in [-0.2, 0) is 4.79 Å². The van der Waals surface area contributed by atoms with E-state index in [1.807, 2.05) is 0 Å². The van der Waals surface area contributed by atoms with Crippen molar-refractivity contribution >= 4 is 5.91 Å². The van der Waals surface area contributed by atoms with Gasteiger partial charge in [-0.25, -0.2) is 0 Å². The van der Waals surface area contributed by atoms with Gasteiger partial charge in [-0.1, -0.05) is 33.1 Å². The Labute approximate surface area is 112 Å². The SMILES string of the molecule is CCC(CC)CN(CC)C(=O)C1CCCC1CN. The lowest BCUT2D eigenvalue weighted by atomic mass is 9.94. The molecule has 1 amide bonds. The Bertz CT molecular complexity index is 251. The molecule has 1 aliphatic carbocycles. The molecule has 3 heteroatoms. The summed E-state index contributed by atoms with van der Waals surface area (Å²) < 4.78 is 0. The maximum Gasteiger partial charge on any atom is 0.226 e. The van der Waals surface area contributed by atoms with Crippen LogP contribution >= 0.6 is 0 Å². The third kappa shape index (κ3) is 3.71. The van der Waals surface area contributed by atoms with Crippen LogP contribution in [0.2, 0.25) is 0 Å². The molecule has 1 saturated carbocycles. The molecular weight excluding hydrogens is 224 g/mol. The van der Waals surface area contributed by atoms with E-state index in [-0.39, 0.29) is 5.92 Å². The summed E-state index contributed by atoms with van der Waals surface area (Å²) in [7, 11) is 0. The third-order valence-electron chi connectivity index (χ3n) is 4.61. The number of hydrogen-bond donors (Lipinski definition) is 1. The molecule has 2 N–H and O–H groups in total. The highest BCUT2D eigenvalue weighted by atomic mass is 16.2. The standard InChI is InChI=1S/C15H30N2O/c1-4-12(5-2)11-17(6-3)15(18)14-9-7-8-13(14)10-16/h12-14H,4-11,16H2,1-3H3. The van der Waals surface area contributed by atoms with Crippen LogP contribution in [0.1, 0.15) is 52.9 Å². The van der Waals surface area contributed by atoms with Crippen molar-refractivity contribution in [3.63, 3.8) is 0 Å². The zero-order valence-electron chi connectivity index (χ0n) is 12.3. The highest BCUT2D eigenvalue weighted by molar-refractivity contribution is 5.79. The molecular formula is C15H30N2O. The largest absolute Gasteiger partial charge is 0.342 e. The smallest absolute Gasteiger partial charge is 0.226 e. The van der Waals surface area contributed by atoms with Gasteiger partial charge in [-0.2, -0.15) is 0 Å². The fourth-order valence-electron chi connectivity index (χ4n) is 3.11. The molecule has 0 spiro atoms. The van der Waals surface area contributed by atoms with Crippen LogP contribution in [0.4, 0.5) is 0 Å². The molecule has 0 aromatic rings. The Hall–Kier alpha value is -0.570. The van der Waals surface area contributed by atoms with E-state index in [9.17, 15) is 4.79 Å². The number of carbonyl (C=O) groups is 1. The first-order valence-electron chi connectivity index (χ1n) is 7.66. The third-order valence-corrected chi connectivity index (χ3v) is 4.61. The molecule has 1 rings (SSSR count). The quantitative estimate of drug-likeness (QED) is 0.759. The van der Waals surface area contributed by atoms with Crippen molar-refractivity contribution in [2.75, 3.05) is 19.6 Å². The van der Waals surface area contributed by atoms with Gasteiger partial charge in [0.15, 0.2) is 0 Å². The molecule has 2 atom stereocenters. The molecule has 106 valence electrons. The fraction of sp³-hybridized carbons (Fsp3) is 0.933. The van der Waals surface area contributed by atoms with Gasteiger partial charge in [0.05, 0.1) is 0 Å². The van der Waals surface area contributed by atoms with Crippen LogP contribution in [0.25, 0.3) is 0 Å². The molecule has 18 heavy (non-hydrogen) atoms. The van der Waals surface area contributed by atoms with E-state index in [2.05, 4.69) is 25.7 Å². The predicted molar refractivity (Wildman–Crippen MR) is 76.2 cm³/mol. The topological polar surface area (TPSA) is 46.3 Å². The summed E-state index contributed by atoms with van der Waals surface area (Å²) >= 11 is 0. The van der Waals surface area contributed by atoms with Crippen LogP contribution in [0.15, 0.2) is 0 Å². The van der Waals surface area contributed by atoms with Crippen molar-refractivity contribution in [2.45, 2.75) is 52.9 Å². The molecule has 0 aliphatic heterocycles. The molecule has 3 nitrogen and oxygen atoms in total. The van der Waals surface area contributed by atoms with Crippen molar-refractivity contribution in [1.82, 2.24) is 4.90 Å². The van der Waals surface area contributed by atoms with Gasteiger partial charge in [0.1, 0.15) is 0 Å². The molecule has 0 heterocycles. The van der Waals surface area contributed by atoms with Gasteiger partial charge < -0.3 is 10.6 Å². The number of rotatable bonds is 7. The Balaban J connectivity index is 2.61. The summed E-state index contributed by atoms with van der Waals surface area (Å²) in [6.45, 7) is 8.94. The number of nitrogens with zero attached hydrogens (tertiary/aromatic N) is 1. The normalized spacial score (nSPS) is 23.6. The highest BCUT2D eigenvalue weighted by Crippen LogP contribution is 2.32. The van der Waals surface area contributed by atoms with Gasteiger partial charge in [0.2, 0.25) is 5.91 Å². The van der Waals surface area contributed by atoms with Crippen molar-refractivity contribution in [3.05, 3.63) is 0 Å². The highest BCUT2D eigenvalue weighted by Gasteiger charge is 2.34. The predicted octanol–water partition coefficient (Wildman–Crippen LogP) is 2.65. The Kier molecular flexibility index (Phi) is 6.69. The second kappa shape index (κ2) is 7.78. The van der Waals surface area contributed by atoms with Crippen LogP contribution in [0.3, 0.4) is 0 Å². The lowest BCUT2D eigenvalue weighted by Gasteiger charge is -2.29. The van der Waals surface area contributed by atoms with Gasteiger partial charge in [-0.3, -0.25) is 4.79 Å². The van der Waals surface area contributed by atoms with Gasteiger partial charge >= 0.3 is 0 Å². The first-order valence-corrected chi connectivity index (χ1v) is 7.66. The zero-order valence-corrected chi connectivity index (χ0v) is 12.3. The van der Waals surface area contributed by atoms with E-state index in [0.717, 1.165) is 38.8 Å². The zero-order chi connectivity index (χ0) is 13.5. The lowest BCUT2D eigenvalue weighted by molar-refractivity contribution is -0.137. The van der Waals surface area contributed by atoms with Gasteiger partial charge in [0.25, 0.3) is 0 Å². The number of amides is 1. The minimum absolute atomic E-state index is 0.198. The minimum Gasteiger partial charge on any atom is -0.342 e. The van der Waals surface area contributed by atoms with E-state index >= 15 is 0 Å². The van der Waals surface area contributed by atoms with E-state index in [4.69, 9.17) is 5.73 Å². The van der Waals surface area contributed by atoms with E-state index in [1.165, 1.54) is 6.42 Å². The molecule has 0 saturated heterocycles. The molecule has 0 aromatic heterocycles. The first kappa shape index (κ1) is 15.5. The Morgan fingerprint density at radius 3 is 2.44 bits per heavy atom. The minimum atomic E-state index is 0.198. The molecule has 2 unspecified atom stereocenters. The summed E-state index contributed by atoms with van der Waals surface area (Å²) in [6, 6.07) is 0. The molecule has 0 aromatic carbocycles. The van der Waals surface area contributed by atoms with E-state index < -0.39 is 0 Å². The van der Waals surface area contributed by atoms with Crippen molar-refractivity contribution < 1.29 is 4.79 Å². The van der Waals surface area contributed by atoms with Crippen molar-refractivity contribution in [2.24, 2.45) is 23.5 Å². The van der Waals surface area contributed by atoms with Crippen LogP contribution in [0.5, 0.6) is 0 Å². The fourth-order valence-corrected chi connectivity index (χ4v) is 3.11. The summed E-state index contributed by atoms with van der Waals surface area (Å²) in [5.74, 6) is 1.63. The molecule has 0 radical (unpaired) electrons. The first-order chi connectivity index (χ1) is 8.67. The Morgan fingerprint density at radius 1 is 1.28 bits per heavy atom. The Morgan fingerprint density at radius 2 is 1.94 bits per heavy atom. The second-order valence-electron chi connectivity index (χ2n) is 5.59. The molecule has 0 bridgehead atoms. The van der Waals surface area contributed by atoms with Gasteiger partial charge in [0, 0.05) is 19.0 Å². The summed E-state index contributed by atoms with van der Waals surface area (Å²) in [4.78, 5) is 14.6.